The van der Waals surface area contributed by atoms with Crippen LogP contribution in [0, 0.1) is 18.3 Å². The van der Waals surface area contributed by atoms with Crippen molar-refractivity contribution in [2.45, 2.75) is 17.9 Å². The normalized spacial score (nSPS) is 14.9. The Morgan fingerprint density at radius 1 is 0.889 bits per heavy atom. The maximum absolute atomic E-state index is 13.1. The van der Waals surface area contributed by atoms with Crippen LogP contribution >= 0.6 is 0 Å². The van der Waals surface area contributed by atoms with Crippen LogP contribution in [0.15, 0.2) is 102 Å². The molecule has 1 aliphatic rings. The number of aryl methyl sites for hydroxylation is 1. The summed E-state index contributed by atoms with van der Waals surface area (Å²) in [5, 5.41) is 12.7. The Balaban J connectivity index is 1.45. The van der Waals surface area contributed by atoms with Crippen molar-refractivity contribution in [2.24, 2.45) is 0 Å². The van der Waals surface area contributed by atoms with E-state index in [2.05, 4.69) is 5.32 Å². The van der Waals surface area contributed by atoms with Gasteiger partial charge in [-0.05, 0) is 30.2 Å². The number of hydrogen-bond acceptors (Lipinski definition) is 5. The van der Waals surface area contributed by atoms with Crippen molar-refractivity contribution < 1.29 is 13.2 Å². The largest absolute Gasteiger partial charge is 0.373 e. The molecular formula is C28H28N4O3S. The van der Waals surface area contributed by atoms with Gasteiger partial charge in [0.05, 0.1) is 10.9 Å². The number of carbonyl (C=O) groups excluding carboxylic acids is 1. The molecule has 0 radical (unpaired) electrons. The molecule has 0 aliphatic carbocycles. The van der Waals surface area contributed by atoms with Crippen LogP contribution in [0.1, 0.15) is 22.7 Å². The van der Waals surface area contributed by atoms with Crippen molar-refractivity contribution in [1.29, 1.82) is 5.26 Å². The zero-order chi connectivity index (χ0) is 25.5. The number of rotatable bonds is 7. The molecule has 184 valence electrons. The summed E-state index contributed by atoms with van der Waals surface area (Å²) < 4.78 is 27.4. The summed E-state index contributed by atoms with van der Waals surface area (Å²) >= 11 is 0. The minimum absolute atomic E-state index is 0.0262. The molecular weight excluding hydrogens is 472 g/mol. The Morgan fingerprint density at radius 3 is 1.92 bits per heavy atom. The molecule has 1 aliphatic heterocycles. The molecule has 3 aromatic carbocycles. The first-order valence-electron chi connectivity index (χ1n) is 11.7. The van der Waals surface area contributed by atoms with Crippen molar-refractivity contribution in [3.05, 3.63) is 113 Å². The molecule has 8 heteroatoms. The van der Waals surface area contributed by atoms with Gasteiger partial charge in [0.1, 0.15) is 11.6 Å². The molecule has 1 amide bonds. The second-order valence-corrected chi connectivity index (χ2v) is 10.6. The minimum Gasteiger partial charge on any atom is -0.373 e. The molecule has 7 nitrogen and oxygen atoms in total. The highest BCUT2D eigenvalue weighted by Crippen LogP contribution is 2.23. The fraction of sp³-hybridized carbons (Fsp3) is 0.214. The van der Waals surface area contributed by atoms with Gasteiger partial charge in [-0.15, -0.1) is 0 Å². The number of hydrogen-bond donors (Lipinski definition) is 1. The Labute approximate surface area is 212 Å². The van der Waals surface area contributed by atoms with Crippen LogP contribution in [0.4, 0.5) is 0 Å². The lowest BCUT2D eigenvalue weighted by molar-refractivity contribution is -0.117. The summed E-state index contributed by atoms with van der Waals surface area (Å²) in [5.41, 5.74) is 2.78. The van der Waals surface area contributed by atoms with E-state index < -0.39 is 22.0 Å². The number of piperazine rings is 1. The van der Waals surface area contributed by atoms with Crippen LogP contribution in [-0.2, 0) is 14.8 Å². The SMILES string of the molecule is Cc1ccc(S(=O)(=O)N2CCN(/C=C(/C#N)C(=O)NC(c3ccccc3)c3ccccc3)CC2)cc1. The molecule has 0 bridgehead atoms. The zero-order valence-electron chi connectivity index (χ0n) is 20.0. The Morgan fingerprint density at radius 2 is 1.42 bits per heavy atom. The van der Waals surface area contributed by atoms with Crippen LogP contribution < -0.4 is 5.32 Å². The van der Waals surface area contributed by atoms with E-state index in [4.69, 9.17) is 0 Å². The van der Waals surface area contributed by atoms with Gasteiger partial charge in [-0.25, -0.2) is 8.42 Å². The van der Waals surface area contributed by atoms with Gasteiger partial charge in [0.15, 0.2) is 0 Å². The molecule has 1 N–H and O–H groups in total. The third-order valence-electron chi connectivity index (χ3n) is 6.15. The van der Waals surface area contributed by atoms with E-state index in [0.29, 0.717) is 13.1 Å². The van der Waals surface area contributed by atoms with Crippen molar-refractivity contribution in [3.63, 3.8) is 0 Å². The number of amides is 1. The highest BCUT2D eigenvalue weighted by Gasteiger charge is 2.28. The third kappa shape index (κ3) is 5.82. The maximum Gasteiger partial charge on any atom is 0.264 e. The van der Waals surface area contributed by atoms with Gasteiger partial charge in [-0.2, -0.15) is 9.57 Å². The van der Waals surface area contributed by atoms with E-state index in [0.717, 1.165) is 16.7 Å². The lowest BCUT2D eigenvalue weighted by Crippen LogP contribution is -2.47. The molecule has 0 saturated carbocycles. The third-order valence-corrected chi connectivity index (χ3v) is 8.06. The summed E-state index contributed by atoms with van der Waals surface area (Å²) in [6, 6.07) is 27.6. The fourth-order valence-electron chi connectivity index (χ4n) is 4.11. The van der Waals surface area contributed by atoms with Crippen molar-refractivity contribution >= 4 is 15.9 Å². The standard InChI is InChI=1S/C28H28N4O3S/c1-22-12-14-26(15-13-22)36(34,35)32-18-16-31(17-19-32)21-25(20-29)28(33)30-27(23-8-4-2-5-9-23)24-10-6-3-7-11-24/h2-15,21,27H,16-19H2,1H3,(H,30,33)/b25-21-. The second kappa shape index (κ2) is 11.2. The van der Waals surface area contributed by atoms with E-state index >= 15 is 0 Å². The number of benzene rings is 3. The van der Waals surface area contributed by atoms with E-state index in [1.54, 1.807) is 24.3 Å². The van der Waals surface area contributed by atoms with Crippen molar-refractivity contribution in [1.82, 2.24) is 14.5 Å². The molecule has 1 saturated heterocycles. The highest BCUT2D eigenvalue weighted by atomic mass is 32.2. The highest BCUT2D eigenvalue weighted by molar-refractivity contribution is 7.89. The predicted molar refractivity (Wildman–Crippen MR) is 138 cm³/mol. The van der Waals surface area contributed by atoms with Gasteiger partial charge in [0, 0.05) is 32.4 Å². The zero-order valence-corrected chi connectivity index (χ0v) is 20.9. The van der Waals surface area contributed by atoms with Crippen molar-refractivity contribution in [3.8, 4) is 6.07 Å². The molecule has 0 atom stereocenters. The number of carbonyl (C=O) groups is 1. The summed E-state index contributed by atoms with van der Waals surface area (Å²) in [4.78, 5) is 15.2. The lowest BCUT2D eigenvalue weighted by Gasteiger charge is -2.33. The number of nitrogens with one attached hydrogen (secondary N) is 1. The predicted octanol–water partition coefficient (Wildman–Crippen LogP) is 3.61. The average Bonchev–Trinajstić information content (AvgIpc) is 2.91. The maximum atomic E-state index is 13.1. The number of sulfonamides is 1. The summed E-state index contributed by atoms with van der Waals surface area (Å²) in [6.45, 7) is 3.20. The van der Waals surface area contributed by atoms with Gasteiger partial charge in [-0.1, -0.05) is 78.4 Å². The van der Waals surface area contributed by atoms with Crippen LogP contribution in [0.5, 0.6) is 0 Å². The topological polar surface area (TPSA) is 93.5 Å². The van der Waals surface area contributed by atoms with Crippen LogP contribution in [0.25, 0.3) is 0 Å². The molecule has 1 fully saturated rings. The second-order valence-electron chi connectivity index (χ2n) is 8.64. The van der Waals surface area contributed by atoms with E-state index in [9.17, 15) is 18.5 Å². The van der Waals surface area contributed by atoms with Gasteiger partial charge in [0.2, 0.25) is 10.0 Å². The molecule has 0 unspecified atom stereocenters. The molecule has 36 heavy (non-hydrogen) atoms. The first kappa shape index (κ1) is 25.2. The van der Waals surface area contributed by atoms with E-state index in [1.165, 1.54) is 10.5 Å². The first-order chi connectivity index (χ1) is 17.4. The molecule has 0 aromatic heterocycles. The Kier molecular flexibility index (Phi) is 7.84. The Hall–Kier alpha value is -3.93. The lowest BCUT2D eigenvalue weighted by atomic mass is 9.98. The molecule has 1 heterocycles. The Bertz CT molecular complexity index is 1320. The van der Waals surface area contributed by atoms with E-state index in [-0.39, 0.29) is 23.6 Å². The molecule has 3 aromatic rings. The quantitative estimate of drug-likeness (QED) is 0.395. The van der Waals surface area contributed by atoms with Crippen LogP contribution in [-0.4, -0.2) is 49.7 Å². The van der Waals surface area contributed by atoms with Gasteiger partial charge < -0.3 is 10.2 Å². The van der Waals surface area contributed by atoms with E-state index in [1.807, 2.05) is 78.6 Å². The van der Waals surface area contributed by atoms with Crippen molar-refractivity contribution in [2.75, 3.05) is 26.2 Å². The monoisotopic (exact) mass is 500 g/mol. The fourth-order valence-corrected chi connectivity index (χ4v) is 5.53. The first-order valence-corrected chi connectivity index (χ1v) is 13.2. The van der Waals surface area contributed by atoms with Crippen LogP contribution in [0.3, 0.4) is 0 Å². The number of nitriles is 1. The number of nitrogens with zero attached hydrogens (tertiary/aromatic N) is 3. The smallest absolute Gasteiger partial charge is 0.264 e. The molecule has 4 rings (SSSR count). The average molecular weight is 501 g/mol. The minimum atomic E-state index is -3.59. The van der Waals surface area contributed by atoms with Gasteiger partial charge in [-0.3, -0.25) is 4.79 Å². The summed E-state index contributed by atoms with van der Waals surface area (Å²) in [5.74, 6) is -0.482. The van der Waals surface area contributed by atoms with Gasteiger partial charge in [0.25, 0.3) is 5.91 Å². The summed E-state index contributed by atoms with van der Waals surface area (Å²) in [7, 11) is -3.59. The molecule has 0 spiro atoms. The van der Waals surface area contributed by atoms with Crippen LogP contribution in [0.2, 0.25) is 0 Å². The van der Waals surface area contributed by atoms with Gasteiger partial charge >= 0.3 is 0 Å². The summed E-state index contributed by atoms with van der Waals surface area (Å²) in [6.07, 6.45) is 1.53.